The van der Waals surface area contributed by atoms with E-state index >= 15 is 0 Å². The van der Waals surface area contributed by atoms with Gasteiger partial charge in [-0.3, -0.25) is 4.79 Å². The van der Waals surface area contributed by atoms with Crippen molar-refractivity contribution in [3.8, 4) is 11.4 Å². The summed E-state index contributed by atoms with van der Waals surface area (Å²) in [6, 6.07) is 9.97. The van der Waals surface area contributed by atoms with Crippen LogP contribution in [0.2, 0.25) is 0 Å². The van der Waals surface area contributed by atoms with Crippen LogP contribution < -0.4 is 0 Å². The predicted octanol–water partition coefficient (Wildman–Crippen LogP) is 4.09. The number of amides is 1. The molecule has 1 amide bonds. The molecule has 6 nitrogen and oxygen atoms in total. The monoisotopic (exact) mass is 412 g/mol. The summed E-state index contributed by atoms with van der Waals surface area (Å²) >= 11 is 1.47. The van der Waals surface area contributed by atoms with Crippen LogP contribution in [0.15, 0.2) is 52.1 Å². The van der Waals surface area contributed by atoms with E-state index in [4.69, 9.17) is 4.52 Å². The number of piperidine rings is 1. The topological polar surface area (TPSA) is 72.1 Å². The summed E-state index contributed by atoms with van der Waals surface area (Å²) in [6.45, 7) is 1.35. The minimum Gasteiger partial charge on any atom is -0.339 e. The van der Waals surface area contributed by atoms with E-state index in [1.165, 1.54) is 17.8 Å². The minimum atomic E-state index is -0.379. The van der Waals surface area contributed by atoms with Gasteiger partial charge < -0.3 is 9.42 Å². The Bertz CT molecular complexity index is 1010. The summed E-state index contributed by atoms with van der Waals surface area (Å²) in [5.74, 6) is 0.562. The number of nitrogens with zero attached hydrogens (tertiary/aromatic N) is 4. The number of thioether (sulfide) groups is 1. The number of rotatable bonds is 5. The molecule has 1 saturated heterocycles. The zero-order valence-corrected chi connectivity index (χ0v) is 16.9. The van der Waals surface area contributed by atoms with Gasteiger partial charge in [0.1, 0.15) is 10.8 Å². The fourth-order valence-corrected chi connectivity index (χ4v) is 4.18. The molecule has 0 saturated carbocycles. The first-order valence-corrected chi connectivity index (χ1v) is 10.7. The first kappa shape index (κ1) is 19.6. The molecule has 8 heteroatoms. The second kappa shape index (κ2) is 8.73. The van der Waals surface area contributed by atoms with Crippen LogP contribution in [0.5, 0.6) is 0 Å². The molecule has 4 rings (SSSR count). The van der Waals surface area contributed by atoms with E-state index in [-0.39, 0.29) is 23.5 Å². The zero-order chi connectivity index (χ0) is 20.2. The summed E-state index contributed by atoms with van der Waals surface area (Å²) in [6.07, 6.45) is 6.07. The van der Waals surface area contributed by atoms with Crippen LogP contribution in [0.25, 0.3) is 11.4 Å². The number of hydrogen-bond acceptors (Lipinski definition) is 6. The molecular weight excluding hydrogens is 391 g/mol. The van der Waals surface area contributed by atoms with Crippen molar-refractivity contribution in [3.05, 3.63) is 59.9 Å². The van der Waals surface area contributed by atoms with Crippen LogP contribution in [0.3, 0.4) is 0 Å². The van der Waals surface area contributed by atoms with Gasteiger partial charge in [-0.1, -0.05) is 17.3 Å². The highest BCUT2D eigenvalue weighted by atomic mass is 32.2. The maximum atomic E-state index is 13.9. The molecule has 2 aromatic heterocycles. The Labute approximate surface area is 172 Å². The molecular formula is C21H21FN4O2S. The van der Waals surface area contributed by atoms with Gasteiger partial charge in [0.05, 0.1) is 11.1 Å². The molecule has 1 aromatic carbocycles. The molecule has 1 atom stereocenters. The largest absolute Gasteiger partial charge is 0.339 e. The highest BCUT2D eigenvalue weighted by molar-refractivity contribution is 7.98. The Morgan fingerprint density at radius 2 is 2.17 bits per heavy atom. The molecule has 150 valence electrons. The number of carbonyl (C=O) groups is 1. The maximum absolute atomic E-state index is 13.9. The van der Waals surface area contributed by atoms with Crippen molar-refractivity contribution < 1.29 is 13.7 Å². The SMILES string of the molecule is CSc1ncccc1C(=O)N1CCC[C@@H](Cc2nc(-c3ccccc3F)no2)C1. The van der Waals surface area contributed by atoms with Gasteiger partial charge in [0.15, 0.2) is 0 Å². The number of carbonyl (C=O) groups excluding carboxylic acids is 1. The van der Waals surface area contributed by atoms with Crippen molar-refractivity contribution in [2.45, 2.75) is 24.3 Å². The van der Waals surface area contributed by atoms with Gasteiger partial charge in [0.25, 0.3) is 5.91 Å². The molecule has 0 radical (unpaired) electrons. The first-order valence-electron chi connectivity index (χ1n) is 9.51. The fraction of sp³-hybridized carbons (Fsp3) is 0.333. The third-order valence-electron chi connectivity index (χ3n) is 5.05. The highest BCUT2D eigenvalue weighted by Crippen LogP contribution is 2.26. The molecule has 1 aliphatic rings. The van der Waals surface area contributed by atoms with Gasteiger partial charge in [-0.25, -0.2) is 9.37 Å². The number of aromatic nitrogens is 3. The Balaban J connectivity index is 1.44. The van der Waals surface area contributed by atoms with Crippen molar-refractivity contribution in [1.29, 1.82) is 0 Å². The van der Waals surface area contributed by atoms with Gasteiger partial charge in [-0.05, 0) is 49.3 Å². The standard InChI is InChI=1S/C21H21FN4O2S/c1-29-20-16(8-4-10-23-20)21(27)26-11-5-6-14(13-26)12-18-24-19(25-28-18)15-7-2-3-9-17(15)22/h2-4,7-10,14H,5-6,11-13H2,1H3/t14-/m0/s1. The minimum absolute atomic E-state index is 0.00437. The van der Waals surface area contributed by atoms with E-state index < -0.39 is 0 Å². The summed E-state index contributed by atoms with van der Waals surface area (Å²) in [5, 5.41) is 4.66. The van der Waals surface area contributed by atoms with E-state index in [1.54, 1.807) is 30.5 Å². The Hall–Kier alpha value is -2.74. The van der Waals surface area contributed by atoms with Gasteiger partial charge >= 0.3 is 0 Å². The van der Waals surface area contributed by atoms with Crippen LogP contribution >= 0.6 is 11.8 Å². The Morgan fingerprint density at radius 1 is 1.31 bits per heavy atom. The highest BCUT2D eigenvalue weighted by Gasteiger charge is 2.27. The van der Waals surface area contributed by atoms with E-state index in [0.29, 0.717) is 30.0 Å². The lowest BCUT2D eigenvalue weighted by molar-refractivity contribution is 0.0664. The second-order valence-electron chi connectivity index (χ2n) is 7.02. The quantitative estimate of drug-likeness (QED) is 0.588. The smallest absolute Gasteiger partial charge is 0.256 e. The van der Waals surface area contributed by atoms with E-state index in [2.05, 4.69) is 15.1 Å². The first-order chi connectivity index (χ1) is 14.2. The van der Waals surface area contributed by atoms with E-state index in [1.807, 2.05) is 17.2 Å². The number of hydrogen-bond donors (Lipinski definition) is 0. The fourth-order valence-electron chi connectivity index (χ4n) is 3.64. The molecule has 29 heavy (non-hydrogen) atoms. The Morgan fingerprint density at radius 3 is 3.00 bits per heavy atom. The Kier molecular flexibility index (Phi) is 5.89. The van der Waals surface area contributed by atoms with Gasteiger partial charge in [0, 0.05) is 25.7 Å². The summed E-state index contributed by atoms with van der Waals surface area (Å²) < 4.78 is 19.3. The average Bonchev–Trinajstić information content (AvgIpc) is 3.22. The maximum Gasteiger partial charge on any atom is 0.256 e. The average molecular weight is 412 g/mol. The van der Waals surface area contributed by atoms with Gasteiger partial charge in [-0.15, -0.1) is 11.8 Å². The zero-order valence-electron chi connectivity index (χ0n) is 16.0. The second-order valence-corrected chi connectivity index (χ2v) is 7.81. The predicted molar refractivity (Wildman–Crippen MR) is 108 cm³/mol. The molecule has 1 aliphatic heterocycles. The van der Waals surface area contributed by atoms with Gasteiger partial charge in [0.2, 0.25) is 11.7 Å². The van der Waals surface area contributed by atoms with Gasteiger partial charge in [-0.2, -0.15) is 4.98 Å². The molecule has 0 aliphatic carbocycles. The molecule has 0 unspecified atom stereocenters. The van der Waals surface area contributed by atoms with E-state index in [0.717, 1.165) is 24.4 Å². The van der Waals surface area contributed by atoms with Crippen molar-refractivity contribution in [3.63, 3.8) is 0 Å². The lowest BCUT2D eigenvalue weighted by Crippen LogP contribution is -2.40. The van der Waals surface area contributed by atoms with Crippen molar-refractivity contribution in [2.24, 2.45) is 5.92 Å². The van der Waals surface area contributed by atoms with E-state index in [9.17, 15) is 9.18 Å². The molecule has 3 aromatic rings. The third-order valence-corrected chi connectivity index (χ3v) is 5.76. The van der Waals surface area contributed by atoms with Crippen molar-refractivity contribution >= 4 is 17.7 Å². The number of likely N-dealkylation sites (tertiary alicyclic amines) is 1. The third kappa shape index (κ3) is 4.32. The molecule has 0 bridgehead atoms. The molecule has 3 heterocycles. The lowest BCUT2D eigenvalue weighted by atomic mass is 9.94. The number of benzene rings is 1. The van der Waals surface area contributed by atoms with Crippen molar-refractivity contribution in [2.75, 3.05) is 19.3 Å². The van der Waals surface area contributed by atoms with Crippen molar-refractivity contribution in [1.82, 2.24) is 20.0 Å². The summed E-state index contributed by atoms with van der Waals surface area (Å²) in [5.41, 5.74) is 0.962. The van der Waals surface area contributed by atoms with Crippen LogP contribution in [-0.4, -0.2) is 45.3 Å². The van der Waals surface area contributed by atoms with Crippen LogP contribution in [0.4, 0.5) is 4.39 Å². The van der Waals surface area contributed by atoms with Crippen LogP contribution in [0, 0.1) is 11.7 Å². The lowest BCUT2D eigenvalue weighted by Gasteiger charge is -2.32. The van der Waals surface area contributed by atoms with Crippen LogP contribution in [0.1, 0.15) is 29.1 Å². The molecule has 1 fully saturated rings. The summed E-state index contributed by atoms with van der Waals surface area (Å²) in [7, 11) is 0. The van der Waals surface area contributed by atoms with Crippen LogP contribution in [-0.2, 0) is 6.42 Å². The normalized spacial score (nSPS) is 16.8. The summed E-state index contributed by atoms with van der Waals surface area (Å²) in [4.78, 5) is 23.5. The number of pyridine rings is 1. The molecule has 0 N–H and O–H groups in total. The number of halogens is 1. The molecule has 0 spiro atoms.